The van der Waals surface area contributed by atoms with E-state index in [4.69, 9.17) is 9.84 Å². The number of urea groups is 1. The zero-order valence-corrected chi connectivity index (χ0v) is 12.0. The van der Waals surface area contributed by atoms with Gasteiger partial charge in [-0.1, -0.05) is 5.21 Å². The van der Waals surface area contributed by atoms with E-state index in [1.54, 1.807) is 4.90 Å². The Kier molecular flexibility index (Phi) is 4.73. The molecular formula is C12H19N5O4. The fourth-order valence-corrected chi connectivity index (χ4v) is 2.24. The van der Waals surface area contributed by atoms with Crippen LogP contribution in [0.4, 0.5) is 4.79 Å². The van der Waals surface area contributed by atoms with Gasteiger partial charge in [0.1, 0.15) is 0 Å². The lowest BCUT2D eigenvalue weighted by atomic mass is 10.2. The van der Waals surface area contributed by atoms with Crippen LogP contribution >= 0.6 is 0 Å². The smallest absolute Gasteiger partial charge is 0.358 e. The van der Waals surface area contributed by atoms with E-state index in [0.29, 0.717) is 26.2 Å². The van der Waals surface area contributed by atoms with Crippen molar-refractivity contribution in [3.05, 3.63) is 11.9 Å². The topological polar surface area (TPSA) is 110 Å². The van der Waals surface area contributed by atoms with E-state index in [2.05, 4.69) is 15.6 Å². The number of hydrogen-bond donors (Lipinski definition) is 2. The fraction of sp³-hybridized carbons (Fsp3) is 0.667. The molecule has 1 fully saturated rings. The number of nitrogens with one attached hydrogen (secondary N) is 1. The van der Waals surface area contributed by atoms with Gasteiger partial charge >= 0.3 is 12.0 Å². The van der Waals surface area contributed by atoms with Crippen LogP contribution in [0.15, 0.2) is 6.20 Å². The molecule has 0 saturated carbocycles. The van der Waals surface area contributed by atoms with Crippen LogP contribution in [0.2, 0.25) is 0 Å². The number of carbonyl (C=O) groups excluding carboxylic acids is 1. The number of nitrogens with zero attached hydrogens (tertiary/aromatic N) is 4. The van der Waals surface area contributed by atoms with Crippen LogP contribution in [0, 0.1) is 0 Å². The normalized spacial score (nSPS) is 22.1. The Bertz CT molecular complexity index is 508. The summed E-state index contributed by atoms with van der Waals surface area (Å²) >= 11 is 0. The van der Waals surface area contributed by atoms with Crippen molar-refractivity contribution < 1.29 is 19.4 Å². The Hall–Kier alpha value is -2.16. The van der Waals surface area contributed by atoms with Crippen LogP contribution in [0.5, 0.6) is 0 Å². The highest BCUT2D eigenvalue weighted by molar-refractivity contribution is 5.84. The van der Waals surface area contributed by atoms with Crippen molar-refractivity contribution in [2.75, 3.05) is 19.6 Å². The first kappa shape index (κ1) is 15.2. The Morgan fingerprint density at radius 2 is 2.10 bits per heavy atom. The summed E-state index contributed by atoms with van der Waals surface area (Å²) in [6, 6.07) is -0.157. The van der Waals surface area contributed by atoms with Gasteiger partial charge in [-0.3, -0.25) is 0 Å². The number of carboxylic acid groups (broad SMARTS) is 1. The molecule has 116 valence electrons. The van der Waals surface area contributed by atoms with Gasteiger partial charge in [0.15, 0.2) is 5.69 Å². The largest absolute Gasteiger partial charge is 0.476 e. The third-order valence-electron chi connectivity index (χ3n) is 3.08. The summed E-state index contributed by atoms with van der Waals surface area (Å²) in [4.78, 5) is 24.4. The van der Waals surface area contributed by atoms with Crippen molar-refractivity contribution in [3.8, 4) is 0 Å². The van der Waals surface area contributed by atoms with Crippen molar-refractivity contribution in [2.24, 2.45) is 0 Å². The molecule has 0 bridgehead atoms. The van der Waals surface area contributed by atoms with Crippen LogP contribution in [0.1, 0.15) is 24.3 Å². The molecule has 1 aliphatic rings. The fourth-order valence-electron chi connectivity index (χ4n) is 2.24. The lowest BCUT2D eigenvalue weighted by molar-refractivity contribution is -0.0545. The van der Waals surface area contributed by atoms with Crippen LogP contribution in [0.25, 0.3) is 0 Å². The van der Waals surface area contributed by atoms with Crippen molar-refractivity contribution in [2.45, 2.75) is 32.6 Å². The number of carboxylic acids is 1. The van der Waals surface area contributed by atoms with Gasteiger partial charge in [0, 0.05) is 19.6 Å². The highest BCUT2D eigenvalue weighted by Gasteiger charge is 2.25. The molecule has 1 aliphatic heterocycles. The molecule has 1 aromatic heterocycles. The summed E-state index contributed by atoms with van der Waals surface area (Å²) in [6.45, 7) is 5.69. The molecule has 2 N–H and O–H groups in total. The second-order valence-corrected chi connectivity index (χ2v) is 5.07. The summed E-state index contributed by atoms with van der Waals surface area (Å²) in [5.41, 5.74) is -0.114. The third-order valence-corrected chi connectivity index (χ3v) is 3.08. The molecular weight excluding hydrogens is 278 g/mol. The Labute approximate surface area is 121 Å². The number of ether oxygens (including phenoxy) is 1. The molecule has 2 amide bonds. The zero-order chi connectivity index (χ0) is 15.4. The number of aromatic carboxylic acids is 1. The van der Waals surface area contributed by atoms with E-state index in [1.165, 1.54) is 10.9 Å². The van der Waals surface area contributed by atoms with Gasteiger partial charge < -0.3 is 20.1 Å². The maximum absolute atomic E-state index is 12.0. The number of carbonyl (C=O) groups is 2. The summed E-state index contributed by atoms with van der Waals surface area (Å²) in [5, 5.41) is 18.7. The van der Waals surface area contributed by atoms with Gasteiger partial charge in [-0.15, -0.1) is 5.10 Å². The standard InChI is InChI=1S/C12H19N5O4/c1-8-5-16(6-9(2)21-8)12(20)13-3-4-17-7-10(11(18)19)14-15-17/h7-9H,3-6H2,1-2H3,(H,13,20)(H,18,19). The maximum Gasteiger partial charge on any atom is 0.358 e. The predicted octanol–water partition coefficient (Wildman–Crippen LogP) is -0.205. The molecule has 21 heavy (non-hydrogen) atoms. The Morgan fingerprint density at radius 3 is 2.67 bits per heavy atom. The molecule has 9 nitrogen and oxygen atoms in total. The molecule has 0 aromatic carbocycles. The second-order valence-electron chi connectivity index (χ2n) is 5.07. The molecule has 2 rings (SSSR count). The lowest BCUT2D eigenvalue weighted by Crippen LogP contribution is -2.52. The van der Waals surface area contributed by atoms with E-state index in [-0.39, 0.29) is 23.9 Å². The average molecular weight is 297 g/mol. The first-order valence-electron chi connectivity index (χ1n) is 6.77. The molecule has 9 heteroatoms. The van der Waals surface area contributed by atoms with Crippen LogP contribution in [-0.2, 0) is 11.3 Å². The highest BCUT2D eigenvalue weighted by Crippen LogP contribution is 2.10. The highest BCUT2D eigenvalue weighted by atomic mass is 16.5. The van der Waals surface area contributed by atoms with Gasteiger partial charge in [-0.2, -0.15) is 0 Å². The molecule has 0 spiro atoms. The average Bonchev–Trinajstić information content (AvgIpc) is 2.86. The molecule has 0 radical (unpaired) electrons. The van der Waals surface area contributed by atoms with E-state index in [1.807, 2.05) is 13.8 Å². The zero-order valence-electron chi connectivity index (χ0n) is 12.0. The molecule has 1 saturated heterocycles. The van der Waals surface area contributed by atoms with Gasteiger partial charge in [0.05, 0.1) is 24.9 Å². The van der Waals surface area contributed by atoms with Crippen molar-refractivity contribution >= 4 is 12.0 Å². The molecule has 2 heterocycles. The molecule has 1 aromatic rings. The summed E-state index contributed by atoms with van der Waals surface area (Å²) in [7, 11) is 0. The molecule has 0 aliphatic carbocycles. The number of rotatable bonds is 4. The monoisotopic (exact) mass is 297 g/mol. The molecule has 2 unspecified atom stereocenters. The number of aromatic nitrogens is 3. The van der Waals surface area contributed by atoms with Crippen LogP contribution in [0.3, 0.4) is 0 Å². The third kappa shape index (κ3) is 4.15. The van der Waals surface area contributed by atoms with Crippen molar-refractivity contribution in [1.29, 1.82) is 0 Å². The molecule has 2 atom stereocenters. The maximum atomic E-state index is 12.0. The number of morpholine rings is 1. The minimum absolute atomic E-state index is 0.0212. The van der Waals surface area contributed by atoms with Gasteiger partial charge in [0.2, 0.25) is 0 Å². The summed E-state index contributed by atoms with van der Waals surface area (Å²) < 4.78 is 6.95. The summed E-state index contributed by atoms with van der Waals surface area (Å²) in [6.07, 6.45) is 1.37. The van der Waals surface area contributed by atoms with Crippen LogP contribution < -0.4 is 5.32 Å². The SMILES string of the molecule is CC1CN(C(=O)NCCn2cc(C(=O)O)nn2)CC(C)O1. The Balaban J connectivity index is 1.77. The van der Waals surface area contributed by atoms with Gasteiger partial charge in [-0.05, 0) is 13.8 Å². The van der Waals surface area contributed by atoms with Gasteiger partial charge in [0.25, 0.3) is 0 Å². The van der Waals surface area contributed by atoms with Crippen LogP contribution in [-0.4, -0.2) is 68.8 Å². The second kappa shape index (κ2) is 6.53. The minimum atomic E-state index is -1.12. The van der Waals surface area contributed by atoms with Crippen molar-refractivity contribution in [1.82, 2.24) is 25.2 Å². The van der Waals surface area contributed by atoms with Crippen molar-refractivity contribution in [3.63, 3.8) is 0 Å². The number of hydrogen-bond acceptors (Lipinski definition) is 5. The lowest BCUT2D eigenvalue weighted by Gasteiger charge is -2.35. The predicted molar refractivity (Wildman–Crippen MR) is 72.0 cm³/mol. The summed E-state index contributed by atoms with van der Waals surface area (Å²) in [5.74, 6) is -1.12. The van der Waals surface area contributed by atoms with E-state index in [0.717, 1.165) is 0 Å². The first-order chi connectivity index (χ1) is 9.95. The van der Waals surface area contributed by atoms with Gasteiger partial charge in [-0.25, -0.2) is 14.3 Å². The first-order valence-corrected chi connectivity index (χ1v) is 6.77. The Morgan fingerprint density at radius 1 is 1.43 bits per heavy atom. The van der Waals surface area contributed by atoms with E-state index in [9.17, 15) is 9.59 Å². The van der Waals surface area contributed by atoms with E-state index < -0.39 is 5.97 Å². The minimum Gasteiger partial charge on any atom is -0.476 e. The number of amides is 2. The van der Waals surface area contributed by atoms with E-state index >= 15 is 0 Å². The quantitative estimate of drug-likeness (QED) is 0.796.